The number of ether oxygens (including phenoxy) is 1. The zero-order valence-electron chi connectivity index (χ0n) is 14.9. The van der Waals surface area contributed by atoms with Crippen LogP contribution in [-0.2, 0) is 13.0 Å². The Kier molecular flexibility index (Phi) is 4.54. The van der Waals surface area contributed by atoms with Crippen molar-refractivity contribution in [1.82, 2.24) is 9.97 Å². The van der Waals surface area contributed by atoms with E-state index >= 15 is 0 Å². The van der Waals surface area contributed by atoms with Crippen molar-refractivity contribution < 1.29 is 13.9 Å². The highest BCUT2D eigenvalue weighted by Gasteiger charge is 2.27. The van der Waals surface area contributed by atoms with E-state index in [1.54, 1.807) is 35.4 Å². The van der Waals surface area contributed by atoms with Crippen LogP contribution in [0.5, 0.6) is 5.88 Å². The fraction of sp³-hybridized carbons (Fsp3) is 0.190. The van der Waals surface area contributed by atoms with Crippen LogP contribution < -0.4 is 9.64 Å². The molecule has 1 aliphatic rings. The average molecular weight is 363 g/mol. The van der Waals surface area contributed by atoms with Gasteiger partial charge in [0.15, 0.2) is 0 Å². The molecular weight excluding hydrogens is 345 g/mol. The number of nitrogens with zero attached hydrogens (tertiary/aromatic N) is 3. The van der Waals surface area contributed by atoms with Crippen LogP contribution in [-0.4, -0.2) is 22.4 Å². The van der Waals surface area contributed by atoms with Gasteiger partial charge in [0.2, 0.25) is 5.88 Å². The molecule has 0 saturated carbocycles. The Balaban J connectivity index is 1.50. The molecule has 1 aromatic carbocycles. The van der Waals surface area contributed by atoms with Crippen LogP contribution in [0.4, 0.5) is 10.1 Å². The Morgan fingerprint density at radius 3 is 2.85 bits per heavy atom. The average Bonchev–Trinajstić information content (AvgIpc) is 2.68. The summed E-state index contributed by atoms with van der Waals surface area (Å²) >= 11 is 0. The fourth-order valence-electron chi connectivity index (χ4n) is 3.06. The van der Waals surface area contributed by atoms with Crippen molar-refractivity contribution in [3.05, 3.63) is 83.1 Å². The number of hydrogen-bond acceptors (Lipinski definition) is 4. The molecule has 0 unspecified atom stereocenters. The van der Waals surface area contributed by atoms with E-state index in [9.17, 15) is 9.18 Å². The van der Waals surface area contributed by atoms with Gasteiger partial charge in [-0.2, -0.15) is 0 Å². The first-order chi connectivity index (χ1) is 13.1. The Hall–Kier alpha value is -3.28. The molecule has 0 atom stereocenters. The molecule has 0 spiro atoms. The summed E-state index contributed by atoms with van der Waals surface area (Å²) in [5, 5.41) is 0. The molecule has 0 N–H and O–H groups in total. The molecule has 0 radical (unpaired) electrons. The van der Waals surface area contributed by atoms with E-state index in [1.165, 1.54) is 12.1 Å². The highest BCUT2D eigenvalue weighted by molar-refractivity contribution is 6.07. The molecular formula is C21H18FN3O2. The predicted molar refractivity (Wildman–Crippen MR) is 99.3 cm³/mol. The molecule has 0 bridgehead atoms. The summed E-state index contributed by atoms with van der Waals surface area (Å²) in [7, 11) is 0. The van der Waals surface area contributed by atoms with Crippen LogP contribution in [0.3, 0.4) is 0 Å². The second-order valence-corrected chi connectivity index (χ2v) is 6.43. The van der Waals surface area contributed by atoms with Gasteiger partial charge in [0, 0.05) is 24.7 Å². The van der Waals surface area contributed by atoms with Crippen LogP contribution in [0, 0.1) is 12.7 Å². The van der Waals surface area contributed by atoms with E-state index in [0.29, 0.717) is 30.1 Å². The first-order valence-electron chi connectivity index (χ1n) is 8.72. The maximum absolute atomic E-state index is 13.2. The van der Waals surface area contributed by atoms with Gasteiger partial charge in [-0.25, -0.2) is 9.37 Å². The largest absolute Gasteiger partial charge is 0.473 e. The number of halogens is 1. The number of anilines is 1. The van der Waals surface area contributed by atoms with Crippen LogP contribution >= 0.6 is 0 Å². The van der Waals surface area contributed by atoms with E-state index in [-0.39, 0.29) is 18.3 Å². The number of fused-ring (bicyclic) bond motifs is 1. The molecule has 5 nitrogen and oxygen atoms in total. The van der Waals surface area contributed by atoms with Gasteiger partial charge < -0.3 is 9.64 Å². The SMILES string of the molecule is Cc1ccc(N2CCc3nc(OCc4cccc(F)c4)ccc3C2=O)cn1. The highest BCUT2D eigenvalue weighted by atomic mass is 19.1. The second kappa shape index (κ2) is 7.15. The summed E-state index contributed by atoms with van der Waals surface area (Å²) in [4.78, 5) is 23.2. The lowest BCUT2D eigenvalue weighted by Gasteiger charge is -2.28. The Labute approximate surface area is 156 Å². The van der Waals surface area contributed by atoms with Gasteiger partial charge in [-0.05, 0) is 42.8 Å². The Bertz CT molecular complexity index is 989. The molecule has 3 aromatic rings. The van der Waals surface area contributed by atoms with E-state index in [1.807, 2.05) is 19.1 Å². The van der Waals surface area contributed by atoms with Crippen molar-refractivity contribution in [3.8, 4) is 5.88 Å². The number of carbonyl (C=O) groups excluding carboxylic acids is 1. The zero-order chi connectivity index (χ0) is 18.8. The van der Waals surface area contributed by atoms with Gasteiger partial charge in [0.1, 0.15) is 12.4 Å². The van der Waals surface area contributed by atoms with Crippen LogP contribution in [0.1, 0.15) is 27.3 Å². The van der Waals surface area contributed by atoms with Gasteiger partial charge in [-0.3, -0.25) is 9.78 Å². The van der Waals surface area contributed by atoms with E-state index < -0.39 is 0 Å². The number of amides is 1. The summed E-state index contributed by atoms with van der Waals surface area (Å²) in [6.07, 6.45) is 2.34. The van der Waals surface area contributed by atoms with Crippen molar-refractivity contribution >= 4 is 11.6 Å². The molecule has 0 aliphatic carbocycles. The van der Waals surface area contributed by atoms with Crippen molar-refractivity contribution in [2.24, 2.45) is 0 Å². The lowest BCUT2D eigenvalue weighted by Crippen LogP contribution is -2.38. The summed E-state index contributed by atoms with van der Waals surface area (Å²) < 4.78 is 18.9. The lowest BCUT2D eigenvalue weighted by molar-refractivity contribution is 0.0979. The number of aromatic nitrogens is 2. The highest BCUT2D eigenvalue weighted by Crippen LogP contribution is 2.25. The third kappa shape index (κ3) is 3.65. The third-order valence-electron chi connectivity index (χ3n) is 4.48. The third-order valence-corrected chi connectivity index (χ3v) is 4.48. The lowest BCUT2D eigenvalue weighted by atomic mass is 10.0. The quantitative estimate of drug-likeness (QED) is 0.709. The van der Waals surface area contributed by atoms with Gasteiger partial charge in [-0.15, -0.1) is 0 Å². The summed E-state index contributed by atoms with van der Waals surface area (Å²) in [5.74, 6) is 0.0353. The van der Waals surface area contributed by atoms with Crippen molar-refractivity contribution in [3.63, 3.8) is 0 Å². The van der Waals surface area contributed by atoms with Crippen LogP contribution in [0.25, 0.3) is 0 Å². The molecule has 6 heteroatoms. The van der Waals surface area contributed by atoms with Gasteiger partial charge in [0.25, 0.3) is 5.91 Å². The topological polar surface area (TPSA) is 55.3 Å². The monoisotopic (exact) mass is 363 g/mol. The Morgan fingerprint density at radius 1 is 1.19 bits per heavy atom. The molecule has 1 aliphatic heterocycles. The zero-order valence-corrected chi connectivity index (χ0v) is 14.9. The standard InChI is InChI=1S/C21H18FN3O2/c1-14-5-6-17(12-23-14)25-10-9-19-18(21(25)26)7-8-20(24-19)27-13-15-3-2-4-16(22)11-15/h2-8,11-12H,9-10,13H2,1H3. The first kappa shape index (κ1) is 17.1. The molecule has 3 heterocycles. The van der Waals surface area contributed by atoms with Gasteiger partial charge in [0.05, 0.1) is 23.1 Å². The number of hydrogen-bond donors (Lipinski definition) is 0. The molecule has 1 amide bonds. The van der Waals surface area contributed by atoms with E-state index in [4.69, 9.17) is 4.74 Å². The maximum Gasteiger partial charge on any atom is 0.260 e. The molecule has 0 saturated heterocycles. The van der Waals surface area contributed by atoms with Gasteiger partial charge in [-0.1, -0.05) is 12.1 Å². The first-order valence-corrected chi connectivity index (χ1v) is 8.72. The van der Waals surface area contributed by atoms with E-state index in [2.05, 4.69) is 9.97 Å². The number of benzene rings is 1. The molecule has 27 heavy (non-hydrogen) atoms. The van der Waals surface area contributed by atoms with Crippen LogP contribution in [0.2, 0.25) is 0 Å². The molecule has 0 fully saturated rings. The van der Waals surface area contributed by atoms with E-state index in [0.717, 1.165) is 16.9 Å². The minimum Gasteiger partial charge on any atom is -0.473 e. The summed E-state index contributed by atoms with van der Waals surface area (Å²) in [5.41, 5.74) is 3.70. The molecule has 2 aromatic heterocycles. The Morgan fingerprint density at radius 2 is 2.07 bits per heavy atom. The normalized spacial score (nSPS) is 13.4. The maximum atomic E-state index is 13.2. The number of carbonyl (C=O) groups is 1. The number of pyridine rings is 2. The number of aryl methyl sites for hydroxylation is 1. The predicted octanol–water partition coefficient (Wildman–Crippen LogP) is 3.71. The molecule has 136 valence electrons. The smallest absolute Gasteiger partial charge is 0.260 e. The summed E-state index contributed by atoms with van der Waals surface area (Å²) in [6, 6.07) is 13.4. The van der Waals surface area contributed by atoms with Crippen molar-refractivity contribution in [2.45, 2.75) is 20.0 Å². The molecule has 4 rings (SSSR count). The van der Waals surface area contributed by atoms with Crippen LogP contribution in [0.15, 0.2) is 54.7 Å². The van der Waals surface area contributed by atoms with Crippen molar-refractivity contribution in [2.75, 3.05) is 11.4 Å². The summed E-state index contributed by atoms with van der Waals surface area (Å²) in [6.45, 7) is 2.67. The minimum atomic E-state index is -0.300. The second-order valence-electron chi connectivity index (χ2n) is 6.43. The fourth-order valence-corrected chi connectivity index (χ4v) is 3.06. The number of rotatable bonds is 4. The minimum absolute atomic E-state index is 0.0916. The van der Waals surface area contributed by atoms with Gasteiger partial charge >= 0.3 is 0 Å². The van der Waals surface area contributed by atoms with Crippen molar-refractivity contribution in [1.29, 1.82) is 0 Å².